The Hall–Kier alpha value is -1.62. The molecule has 1 amide bonds. The van der Waals surface area contributed by atoms with Crippen molar-refractivity contribution in [1.82, 2.24) is 15.1 Å². The first kappa shape index (κ1) is 13.8. The summed E-state index contributed by atoms with van der Waals surface area (Å²) in [6.45, 7) is 5.22. The highest BCUT2D eigenvalue weighted by molar-refractivity contribution is 9.10. The molecular formula is C14H16BrN3O. The Morgan fingerprint density at radius 2 is 2.21 bits per heavy atom. The van der Waals surface area contributed by atoms with E-state index in [1.807, 2.05) is 42.9 Å². The topological polar surface area (TPSA) is 46.9 Å². The molecular weight excluding hydrogens is 306 g/mol. The molecule has 0 aliphatic heterocycles. The Morgan fingerprint density at radius 3 is 2.84 bits per heavy atom. The third kappa shape index (κ3) is 3.67. The smallest absolute Gasteiger partial charge is 0.251 e. The van der Waals surface area contributed by atoms with Crippen LogP contribution in [0, 0.1) is 13.8 Å². The molecule has 1 aromatic carbocycles. The number of nitrogens with zero attached hydrogens (tertiary/aromatic N) is 2. The van der Waals surface area contributed by atoms with Crippen LogP contribution in [0.3, 0.4) is 0 Å². The highest BCUT2D eigenvalue weighted by atomic mass is 79.9. The number of hydrogen-bond donors (Lipinski definition) is 1. The molecule has 0 saturated heterocycles. The number of rotatable bonds is 4. The maximum absolute atomic E-state index is 11.9. The monoisotopic (exact) mass is 321 g/mol. The van der Waals surface area contributed by atoms with E-state index in [1.54, 1.807) is 6.20 Å². The van der Waals surface area contributed by atoms with E-state index in [0.29, 0.717) is 18.7 Å². The first-order valence-corrected chi connectivity index (χ1v) is 6.89. The Morgan fingerprint density at radius 1 is 1.42 bits per heavy atom. The van der Waals surface area contributed by atoms with E-state index >= 15 is 0 Å². The van der Waals surface area contributed by atoms with E-state index in [1.165, 1.54) is 0 Å². The van der Waals surface area contributed by atoms with Crippen LogP contribution in [0.2, 0.25) is 0 Å². The average Bonchev–Trinajstić information content (AvgIpc) is 2.78. The molecule has 1 N–H and O–H groups in total. The van der Waals surface area contributed by atoms with E-state index in [-0.39, 0.29) is 5.91 Å². The van der Waals surface area contributed by atoms with Crippen molar-refractivity contribution in [2.45, 2.75) is 20.4 Å². The lowest BCUT2D eigenvalue weighted by Gasteiger charge is -2.07. The van der Waals surface area contributed by atoms with Crippen LogP contribution < -0.4 is 5.32 Å². The molecule has 5 heteroatoms. The Bertz CT molecular complexity index is 592. The minimum Gasteiger partial charge on any atom is -0.350 e. The number of hydrogen-bond acceptors (Lipinski definition) is 2. The van der Waals surface area contributed by atoms with Crippen molar-refractivity contribution >= 4 is 21.8 Å². The maximum atomic E-state index is 11.9. The fourth-order valence-electron chi connectivity index (χ4n) is 1.71. The fourth-order valence-corrected chi connectivity index (χ4v) is 2.09. The molecule has 0 fully saturated rings. The largest absolute Gasteiger partial charge is 0.350 e. The fraction of sp³-hybridized carbons (Fsp3) is 0.286. The van der Waals surface area contributed by atoms with Gasteiger partial charge in [-0.2, -0.15) is 5.10 Å². The lowest BCUT2D eigenvalue weighted by Crippen LogP contribution is -2.27. The van der Waals surface area contributed by atoms with Gasteiger partial charge in [0.1, 0.15) is 0 Å². The molecule has 0 radical (unpaired) electrons. The Balaban J connectivity index is 1.89. The molecule has 0 unspecified atom stereocenters. The number of benzene rings is 1. The molecule has 0 saturated carbocycles. The Labute approximate surface area is 120 Å². The van der Waals surface area contributed by atoms with Gasteiger partial charge in [-0.25, -0.2) is 0 Å². The standard InChI is InChI=1S/C14H16BrN3O/c1-10-8-17-18(9-10)6-5-16-14(19)12-4-3-11(2)13(15)7-12/h3-4,7-9H,5-6H2,1-2H3,(H,16,19). The predicted octanol–water partition coefficient (Wildman–Crippen LogP) is 2.69. The molecule has 0 bridgehead atoms. The van der Waals surface area contributed by atoms with Crippen LogP contribution in [0.5, 0.6) is 0 Å². The van der Waals surface area contributed by atoms with Crippen molar-refractivity contribution in [1.29, 1.82) is 0 Å². The highest BCUT2D eigenvalue weighted by Gasteiger charge is 2.06. The van der Waals surface area contributed by atoms with E-state index in [9.17, 15) is 4.79 Å². The number of carbonyl (C=O) groups excluding carboxylic acids is 1. The van der Waals surface area contributed by atoms with Gasteiger partial charge in [-0.15, -0.1) is 0 Å². The first-order chi connectivity index (χ1) is 9.06. The summed E-state index contributed by atoms with van der Waals surface area (Å²) in [5.41, 5.74) is 2.89. The molecule has 2 aromatic rings. The van der Waals surface area contributed by atoms with Crippen LogP contribution in [0.1, 0.15) is 21.5 Å². The molecule has 0 aliphatic carbocycles. The minimum absolute atomic E-state index is 0.0652. The number of carbonyl (C=O) groups is 1. The van der Waals surface area contributed by atoms with Gasteiger partial charge in [-0.05, 0) is 37.1 Å². The molecule has 19 heavy (non-hydrogen) atoms. The van der Waals surface area contributed by atoms with Crippen molar-refractivity contribution in [2.75, 3.05) is 6.54 Å². The molecule has 0 atom stereocenters. The van der Waals surface area contributed by atoms with Gasteiger partial charge in [0, 0.05) is 22.8 Å². The van der Waals surface area contributed by atoms with Gasteiger partial charge in [0.05, 0.1) is 12.7 Å². The van der Waals surface area contributed by atoms with Crippen LogP contribution in [0.25, 0.3) is 0 Å². The predicted molar refractivity (Wildman–Crippen MR) is 78.2 cm³/mol. The van der Waals surface area contributed by atoms with Crippen LogP contribution in [-0.4, -0.2) is 22.2 Å². The number of halogens is 1. The quantitative estimate of drug-likeness (QED) is 0.941. The van der Waals surface area contributed by atoms with Gasteiger partial charge < -0.3 is 5.32 Å². The zero-order valence-electron chi connectivity index (χ0n) is 11.0. The second-order valence-corrected chi connectivity index (χ2v) is 5.35. The van der Waals surface area contributed by atoms with Gasteiger partial charge in [-0.3, -0.25) is 9.48 Å². The van der Waals surface area contributed by atoms with Crippen LogP contribution in [0.4, 0.5) is 0 Å². The molecule has 2 rings (SSSR count). The summed E-state index contributed by atoms with van der Waals surface area (Å²) in [6, 6.07) is 5.59. The SMILES string of the molecule is Cc1cnn(CCNC(=O)c2ccc(C)c(Br)c2)c1. The summed E-state index contributed by atoms with van der Waals surface area (Å²) in [5.74, 6) is -0.0652. The van der Waals surface area contributed by atoms with Gasteiger partial charge in [0.2, 0.25) is 0 Å². The zero-order valence-corrected chi connectivity index (χ0v) is 12.6. The van der Waals surface area contributed by atoms with Crippen molar-refractivity contribution in [3.05, 3.63) is 51.8 Å². The van der Waals surface area contributed by atoms with Crippen LogP contribution >= 0.6 is 15.9 Å². The molecule has 0 spiro atoms. The minimum atomic E-state index is -0.0652. The van der Waals surface area contributed by atoms with Crippen molar-refractivity contribution in [3.8, 4) is 0 Å². The number of amides is 1. The molecule has 0 aliphatic rings. The van der Waals surface area contributed by atoms with Crippen molar-refractivity contribution in [2.24, 2.45) is 0 Å². The number of aryl methyl sites for hydroxylation is 2. The normalized spacial score (nSPS) is 10.5. The van der Waals surface area contributed by atoms with Crippen LogP contribution in [0.15, 0.2) is 35.1 Å². The van der Waals surface area contributed by atoms with E-state index in [4.69, 9.17) is 0 Å². The summed E-state index contributed by atoms with van der Waals surface area (Å²) >= 11 is 3.43. The van der Waals surface area contributed by atoms with E-state index in [0.717, 1.165) is 15.6 Å². The molecule has 4 nitrogen and oxygen atoms in total. The average molecular weight is 322 g/mol. The maximum Gasteiger partial charge on any atom is 0.251 e. The van der Waals surface area contributed by atoms with Gasteiger partial charge in [0.15, 0.2) is 0 Å². The lowest BCUT2D eigenvalue weighted by atomic mass is 10.1. The zero-order chi connectivity index (χ0) is 13.8. The van der Waals surface area contributed by atoms with E-state index in [2.05, 4.69) is 26.3 Å². The Kier molecular flexibility index (Phi) is 4.37. The number of nitrogens with one attached hydrogen (secondary N) is 1. The highest BCUT2D eigenvalue weighted by Crippen LogP contribution is 2.17. The van der Waals surface area contributed by atoms with Gasteiger partial charge >= 0.3 is 0 Å². The second-order valence-electron chi connectivity index (χ2n) is 4.50. The third-order valence-electron chi connectivity index (χ3n) is 2.82. The summed E-state index contributed by atoms with van der Waals surface area (Å²) in [7, 11) is 0. The van der Waals surface area contributed by atoms with Crippen molar-refractivity contribution < 1.29 is 4.79 Å². The first-order valence-electron chi connectivity index (χ1n) is 6.09. The third-order valence-corrected chi connectivity index (χ3v) is 3.68. The van der Waals surface area contributed by atoms with Crippen molar-refractivity contribution in [3.63, 3.8) is 0 Å². The summed E-state index contributed by atoms with van der Waals surface area (Å²) in [6.07, 6.45) is 3.76. The summed E-state index contributed by atoms with van der Waals surface area (Å²) in [5, 5.41) is 7.05. The van der Waals surface area contributed by atoms with Crippen LogP contribution in [-0.2, 0) is 6.54 Å². The van der Waals surface area contributed by atoms with E-state index < -0.39 is 0 Å². The van der Waals surface area contributed by atoms with Gasteiger partial charge in [-0.1, -0.05) is 22.0 Å². The summed E-state index contributed by atoms with van der Waals surface area (Å²) < 4.78 is 2.77. The lowest BCUT2D eigenvalue weighted by molar-refractivity contribution is 0.0952. The molecule has 1 aromatic heterocycles. The molecule has 1 heterocycles. The number of aromatic nitrogens is 2. The van der Waals surface area contributed by atoms with Gasteiger partial charge in [0.25, 0.3) is 5.91 Å². The second kappa shape index (κ2) is 6.02. The summed E-state index contributed by atoms with van der Waals surface area (Å²) in [4.78, 5) is 11.9. The molecule has 100 valence electrons.